The number of carbonyl (C=O) groups excluding carboxylic acids is 2. The number of ether oxygens (including phenoxy) is 2. The Bertz CT molecular complexity index is 1620. The average Bonchev–Trinajstić information content (AvgIpc) is 3.64. The standard InChI is InChI=1S/C19H22Cl2NO2P.C15H14N2O3/c1-2-11-5-3-8-15(11)23-9-12-18(22-24-19(12)16-10-25-16)17-13(20)6-4-7-14(17)21;1-20-14(18)12-8-7-11(17-15(16)19)9-13(12)10-5-3-2-4-6-10/h4,6-7,11,15-16,25H,2-3,5,8-10H2,1H3;2-9H,1H3,(H3,16,17,19). The number of esters is 1. The largest absolute Gasteiger partial charge is 0.465 e. The topological polar surface area (TPSA) is 117 Å². The summed E-state index contributed by atoms with van der Waals surface area (Å²) < 4.78 is 16.8. The summed E-state index contributed by atoms with van der Waals surface area (Å²) in [4.78, 5) is 22.7. The summed E-state index contributed by atoms with van der Waals surface area (Å²) in [7, 11) is 2.24. The van der Waals surface area contributed by atoms with E-state index in [0.717, 1.165) is 43.1 Å². The summed E-state index contributed by atoms with van der Waals surface area (Å²) in [5.74, 6) is 1.20. The predicted molar refractivity (Wildman–Crippen MR) is 181 cm³/mol. The van der Waals surface area contributed by atoms with Crippen molar-refractivity contribution in [3.8, 4) is 22.4 Å². The first-order chi connectivity index (χ1) is 21.8. The van der Waals surface area contributed by atoms with Gasteiger partial charge in [-0.15, -0.1) is 8.58 Å². The van der Waals surface area contributed by atoms with Crippen LogP contribution in [0.1, 0.15) is 59.9 Å². The number of hydrogen-bond donors (Lipinski definition) is 2. The van der Waals surface area contributed by atoms with E-state index in [1.165, 1.54) is 32.5 Å². The third-order valence-electron chi connectivity index (χ3n) is 8.08. The van der Waals surface area contributed by atoms with Gasteiger partial charge in [-0.2, -0.15) is 0 Å². The molecular weight excluding hydrogens is 632 g/mol. The van der Waals surface area contributed by atoms with Crippen molar-refractivity contribution >= 4 is 49.5 Å². The van der Waals surface area contributed by atoms with Gasteiger partial charge in [0.2, 0.25) is 0 Å². The molecule has 2 fully saturated rings. The number of rotatable bonds is 9. The normalized spacial score (nSPS) is 19.1. The molecular formula is C34H36Cl2N3O5P. The highest BCUT2D eigenvalue weighted by Gasteiger charge is 2.35. The molecule has 0 bridgehead atoms. The summed E-state index contributed by atoms with van der Waals surface area (Å²) in [6.07, 6.45) is 6.36. The van der Waals surface area contributed by atoms with E-state index in [1.807, 2.05) is 48.5 Å². The minimum absolute atomic E-state index is 0.337. The van der Waals surface area contributed by atoms with E-state index < -0.39 is 12.0 Å². The van der Waals surface area contributed by atoms with Crippen molar-refractivity contribution in [2.75, 3.05) is 18.6 Å². The Morgan fingerprint density at radius 1 is 1.07 bits per heavy atom. The van der Waals surface area contributed by atoms with E-state index in [2.05, 4.69) is 17.4 Å². The van der Waals surface area contributed by atoms with Gasteiger partial charge in [0.25, 0.3) is 0 Å². The Kier molecular flexibility index (Phi) is 11.2. The van der Waals surface area contributed by atoms with Gasteiger partial charge in [0, 0.05) is 22.5 Å². The van der Waals surface area contributed by atoms with Gasteiger partial charge in [0.15, 0.2) is 0 Å². The van der Waals surface area contributed by atoms with Gasteiger partial charge in [0.1, 0.15) is 11.5 Å². The Labute approximate surface area is 274 Å². The molecule has 236 valence electrons. The van der Waals surface area contributed by atoms with Crippen molar-refractivity contribution in [1.29, 1.82) is 0 Å². The van der Waals surface area contributed by atoms with Crippen LogP contribution in [0.5, 0.6) is 0 Å². The van der Waals surface area contributed by atoms with Gasteiger partial charge in [-0.1, -0.05) is 84.5 Å². The molecule has 2 amide bonds. The van der Waals surface area contributed by atoms with Crippen molar-refractivity contribution in [1.82, 2.24) is 5.16 Å². The second-order valence-electron chi connectivity index (χ2n) is 11.0. The van der Waals surface area contributed by atoms with Crippen LogP contribution in [0.15, 0.2) is 71.3 Å². The highest BCUT2D eigenvalue weighted by atomic mass is 35.5. The van der Waals surface area contributed by atoms with E-state index in [4.69, 9.17) is 42.9 Å². The minimum Gasteiger partial charge on any atom is -0.465 e. The number of aromatic nitrogens is 1. The molecule has 2 heterocycles. The lowest BCUT2D eigenvalue weighted by Gasteiger charge is -2.19. The van der Waals surface area contributed by atoms with Crippen LogP contribution in [0.25, 0.3) is 22.4 Å². The highest BCUT2D eigenvalue weighted by Crippen LogP contribution is 2.55. The average molecular weight is 669 g/mol. The highest BCUT2D eigenvalue weighted by molar-refractivity contribution is 7.47. The minimum atomic E-state index is -0.658. The maximum Gasteiger partial charge on any atom is 0.338 e. The van der Waals surface area contributed by atoms with E-state index in [0.29, 0.717) is 51.1 Å². The van der Waals surface area contributed by atoms with Crippen molar-refractivity contribution < 1.29 is 23.6 Å². The molecule has 4 unspecified atom stereocenters. The molecule has 2 aliphatic rings. The number of urea groups is 1. The SMILES string of the molecule is CCC1CCCC1OCc1c(-c2c(Cl)cccc2Cl)noc1C1CP1.COC(=O)c1ccc(NC(N)=O)cc1-c1ccccc1. The summed E-state index contributed by atoms with van der Waals surface area (Å²) in [6, 6.07) is 19.1. The van der Waals surface area contributed by atoms with E-state index in [9.17, 15) is 9.59 Å². The van der Waals surface area contributed by atoms with Crippen LogP contribution in [0.2, 0.25) is 10.0 Å². The second kappa shape index (κ2) is 15.2. The number of carbonyl (C=O) groups is 2. The van der Waals surface area contributed by atoms with Crippen LogP contribution in [0.4, 0.5) is 10.5 Å². The lowest BCUT2D eigenvalue weighted by Crippen LogP contribution is -2.19. The van der Waals surface area contributed by atoms with Crippen LogP contribution in [-0.4, -0.2) is 36.5 Å². The quantitative estimate of drug-likeness (QED) is 0.136. The molecule has 45 heavy (non-hydrogen) atoms. The molecule has 4 atom stereocenters. The fourth-order valence-corrected chi connectivity index (χ4v) is 6.98. The summed E-state index contributed by atoms with van der Waals surface area (Å²) in [5.41, 5.74) is 10.6. The molecule has 11 heteroatoms. The first-order valence-electron chi connectivity index (χ1n) is 14.9. The molecule has 0 radical (unpaired) electrons. The number of benzene rings is 3. The number of nitrogens with two attached hydrogens (primary N) is 1. The molecule has 3 aromatic carbocycles. The zero-order valence-corrected chi connectivity index (χ0v) is 27.7. The van der Waals surface area contributed by atoms with Crippen molar-refractivity contribution in [3.63, 3.8) is 0 Å². The Hall–Kier alpha value is -3.42. The molecule has 1 saturated heterocycles. The van der Waals surface area contributed by atoms with Gasteiger partial charge >= 0.3 is 12.0 Å². The van der Waals surface area contributed by atoms with E-state index in [-0.39, 0.29) is 0 Å². The van der Waals surface area contributed by atoms with Gasteiger partial charge in [-0.3, -0.25) is 0 Å². The number of anilines is 1. The molecule has 3 N–H and O–H groups in total. The molecule has 1 aliphatic carbocycles. The number of hydrogen-bond acceptors (Lipinski definition) is 6. The lowest BCUT2D eigenvalue weighted by molar-refractivity contribution is 0.0146. The summed E-state index contributed by atoms with van der Waals surface area (Å²) in [5, 5.41) is 8.01. The molecule has 8 nitrogen and oxygen atoms in total. The van der Waals surface area contributed by atoms with Gasteiger partial charge in [-0.05, 0) is 66.4 Å². The smallest absolute Gasteiger partial charge is 0.338 e. The first kappa shape index (κ1) is 33.0. The lowest BCUT2D eigenvalue weighted by atomic mass is 9.99. The third-order valence-corrected chi connectivity index (χ3v) is 9.78. The summed E-state index contributed by atoms with van der Waals surface area (Å²) in [6.45, 7) is 2.77. The molecule has 4 aromatic rings. The fraction of sp³-hybridized carbons (Fsp3) is 0.324. The van der Waals surface area contributed by atoms with Crippen LogP contribution >= 0.6 is 31.8 Å². The third kappa shape index (κ3) is 8.06. The number of methoxy groups -OCH3 is 1. The van der Waals surface area contributed by atoms with Gasteiger partial charge in [0.05, 0.1) is 35.4 Å². The molecule has 1 aromatic heterocycles. The van der Waals surface area contributed by atoms with Crippen LogP contribution in [0.3, 0.4) is 0 Å². The Morgan fingerprint density at radius 2 is 1.80 bits per heavy atom. The number of nitrogens with zero attached hydrogens (tertiary/aromatic N) is 1. The van der Waals surface area contributed by atoms with Crippen LogP contribution in [0, 0.1) is 5.92 Å². The first-order valence-corrected chi connectivity index (χ1v) is 17.0. The maximum absolute atomic E-state index is 11.8. The fourth-order valence-electron chi connectivity index (χ4n) is 5.69. The summed E-state index contributed by atoms with van der Waals surface area (Å²) >= 11 is 12.8. The number of nitrogens with one attached hydrogen (secondary N) is 1. The van der Waals surface area contributed by atoms with Gasteiger partial charge in [-0.25, -0.2) is 9.59 Å². The molecule has 0 spiro atoms. The zero-order valence-electron chi connectivity index (χ0n) is 25.1. The molecule has 1 aliphatic heterocycles. The van der Waals surface area contributed by atoms with Crippen molar-refractivity contribution in [3.05, 3.63) is 93.7 Å². The van der Waals surface area contributed by atoms with Gasteiger partial charge < -0.3 is 25.0 Å². The van der Waals surface area contributed by atoms with E-state index in [1.54, 1.807) is 18.2 Å². The van der Waals surface area contributed by atoms with Crippen LogP contribution < -0.4 is 11.1 Å². The molecule has 1 saturated carbocycles. The van der Waals surface area contributed by atoms with E-state index >= 15 is 0 Å². The number of halogens is 2. The second-order valence-corrected chi connectivity index (χ2v) is 13.3. The van der Waals surface area contributed by atoms with Crippen molar-refractivity contribution in [2.45, 2.75) is 51.0 Å². The van der Waals surface area contributed by atoms with Crippen LogP contribution in [-0.2, 0) is 16.1 Å². The monoisotopic (exact) mass is 667 g/mol. The Morgan fingerprint density at radius 3 is 2.44 bits per heavy atom. The maximum atomic E-state index is 11.8. The number of primary amides is 1. The molecule has 6 rings (SSSR count). The Balaban J connectivity index is 0.000000183. The zero-order chi connectivity index (χ0) is 31.9. The number of amides is 2. The van der Waals surface area contributed by atoms with Crippen molar-refractivity contribution in [2.24, 2.45) is 11.7 Å². The predicted octanol–water partition coefficient (Wildman–Crippen LogP) is 9.11.